The van der Waals surface area contributed by atoms with E-state index in [1.807, 2.05) is 12.3 Å². The molecule has 4 nitrogen and oxygen atoms in total. The van der Waals surface area contributed by atoms with Crippen LogP contribution in [0.1, 0.15) is 59.1 Å². The van der Waals surface area contributed by atoms with E-state index in [4.69, 9.17) is 5.73 Å². The third-order valence-electron chi connectivity index (χ3n) is 4.76. The number of aromatic nitrogens is 1. The maximum Gasteiger partial charge on any atom is 0.0542 e. The Morgan fingerprint density at radius 1 is 1.19 bits per heavy atom. The zero-order chi connectivity index (χ0) is 15.9. The van der Waals surface area contributed by atoms with Gasteiger partial charge in [-0.25, -0.2) is 0 Å². The lowest BCUT2D eigenvalue weighted by Crippen LogP contribution is -2.56. The van der Waals surface area contributed by atoms with Gasteiger partial charge in [0, 0.05) is 29.2 Å². The lowest BCUT2D eigenvalue weighted by atomic mass is 9.78. The molecule has 0 fully saturated rings. The summed E-state index contributed by atoms with van der Waals surface area (Å²) in [7, 11) is 0. The fraction of sp³-hybridized carbons (Fsp3) is 0.706. The van der Waals surface area contributed by atoms with Gasteiger partial charge in [0.25, 0.3) is 0 Å². The quantitative estimate of drug-likeness (QED) is 0.734. The number of likely N-dealkylation sites (N-methyl/N-ethyl adjacent to an activating group) is 2. The second kappa shape index (κ2) is 8.35. The average molecular weight is 292 g/mol. The number of rotatable bonds is 9. The van der Waals surface area contributed by atoms with E-state index in [9.17, 15) is 0 Å². The fourth-order valence-electron chi connectivity index (χ4n) is 3.59. The monoisotopic (exact) mass is 292 g/mol. The summed E-state index contributed by atoms with van der Waals surface area (Å²) in [5.41, 5.74) is 8.26. The zero-order valence-electron chi connectivity index (χ0n) is 14.3. The Balaban J connectivity index is 3.36. The topological polar surface area (TPSA) is 54.2 Å². The van der Waals surface area contributed by atoms with Crippen LogP contribution >= 0.6 is 0 Å². The van der Waals surface area contributed by atoms with E-state index >= 15 is 0 Å². The molecule has 3 N–H and O–H groups in total. The number of hydrogen-bond donors (Lipinski definition) is 2. The number of hydrogen-bond acceptors (Lipinski definition) is 4. The van der Waals surface area contributed by atoms with E-state index in [0.29, 0.717) is 0 Å². The van der Waals surface area contributed by atoms with Crippen LogP contribution in [0.4, 0.5) is 5.69 Å². The van der Waals surface area contributed by atoms with Crippen LogP contribution in [0.25, 0.3) is 0 Å². The van der Waals surface area contributed by atoms with Crippen molar-refractivity contribution in [2.24, 2.45) is 0 Å². The molecule has 21 heavy (non-hydrogen) atoms. The summed E-state index contributed by atoms with van der Waals surface area (Å²) in [5, 5.41) is 3.67. The van der Waals surface area contributed by atoms with Gasteiger partial charge in [-0.2, -0.15) is 0 Å². The van der Waals surface area contributed by atoms with E-state index in [1.54, 1.807) is 6.20 Å². The molecule has 0 aliphatic rings. The maximum absolute atomic E-state index is 6.24. The molecule has 0 radical (unpaired) electrons. The third-order valence-corrected chi connectivity index (χ3v) is 4.76. The van der Waals surface area contributed by atoms with Gasteiger partial charge in [0.15, 0.2) is 0 Å². The number of nitrogen functional groups attached to an aromatic ring is 1. The number of nitrogens with one attached hydrogen (secondary N) is 1. The number of nitrogens with two attached hydrogens (primary N) is 1. The van der Waals surface area contributed by atoms with E-state index in [1.165, 1.54) is 0 Å². The molecule has 0 aromatic carbocycles. The minimum absolute atomic E-state index is 0.0661. The first-order valence-corrected chi connectivity index (χ1v) is 8.28. The van der Waals surface area contributed by atoms with Gasteiger partial charge in [-0.3, -0.25) is 9.88 Å². The standard InChI is InChI=1S/C17H32N4/c1-6-17(7-2,21(9-4)10-5)16(20-8-3)14-13-19-12-11-15(14)18/h11-13,16,20H,6-10H2,1-5H3,(H2,18,19). The Bertz CT molecular complexity index is 411. The van der Waals surface area contributed by atoms with E-state index < -0.39 is 0 Å². The Morgan fingerprint density at radius 2 is 1.81 bits per heavy atom. The summed E-state index contributed by atoms with van der Waals surface area (Å²) < 4.78 is 0. The van der Waals surface area contributed by atoms with Crippen molar-refractivity contribution in [2.45, 2.75) is 59.0 Å². The van der Waals surface area contributed by atoms with Crippen LogP contribution in [0.3, 0.4) is 0 Å². The predicted octanol–water partition coefficient (Wildman–Crippen LogP) is 3.22. The van der Waals surface area contributed by atoms with Crippen molar-refractivity contribution in [3.63, 3.8) is 0 Å². The number of anilines is 1. The van der Waals surface area contributed by atoms with Crippen LogP contribution in [0.15, 0.2) is 18.5 Å². The second-order valence-corrected chi connectivity index (χ2v) is 5.48. The predicted molar refractivity (Wildman–Crippen MR) is 91.3 cm³/mol. The first kappa shape index (κ1) is 17.9. The molecule has 0 aliphatic carbocycles. The molecule has 0 saturated carbocycles. The van der Waals surface area contributed by atoms with Gasteiger partial charge >= 0.3 is 0 Å². The van der Waals surface area contributed by atoms with Gasteiger partial charge in [0.2, 0.25) is 0 Å². The highest BCUT2D eigenvalue weighted by Crippen LogP contribution is 2.38. The van der Waals surface area contributed by atoms with E-state index in [-0.39, 0.29) is 11.6 Å². The molecule has 1 atom stereocenters. The molecule has 0 aliphatic heterocycles. The molecule has 0 spiro atoms. The molecule has 0 bridgehead atoms. The van der Waals surface area contributed by atoms with Gasteiger partial charge in [-0.1, -0.05) is 34.6 Å². The first-order chi connectivity index (χ1) is 10.1. The summed E-state index contributed by atoms with van der Waals surface area (Å²) in [6.45, 7) is 14.2. The highest BCUT2D eigenvalue weighted by atomic mass is 15.2. The van der Waals surface area contributed by atoms with E-state index in [2.05, 4.69) is 49.8 Å². The van der Waals surface area contributed by atoms with Gasteiger partial charge in [0.1, 0.15) is 0 Å². The lowest BCUT2D eigenvalue weighted by molar-refractivity contribution is 0.0494. The van der Waals surface area contributed by atoms with Crippen molar-refractivity contribution < 1.29 is 0 Å². The molecule has 4 heteroatoms. The minimum atomic E-state index is 0.0661. The Kier molecular flexibility index (Phi) is 7.12. The van der Waals surface area contributed by atoms with Gasteiger partial charge in [-0.15, -0.1) is 0 Å². The van der Waals surface area contributed by atoms with Crippen LogP contribution in [0.5, 0.6) is 0 Å². The molecule has 0 amide bonds. The average Bonchev–Trinajstić information content (AvgIpc) is 2.52. The van der Waals surface area contributed by atoms with Crippen molar-refractivity contribution in [2.75, 3.05) is 25.4 Å². The van der Waals surface area contributed by atoms with Gasteiger partial charge in [0.05, 0.1) is 6.04 Å². The van der Waals surface area contributed by atoms with Crippen LogP contribution in [-0.4, -0.2) is 35.1 Å². The zero-order valence-corrected chi connectivity index (χ0v) is 14.3. The molecule has 1 rings (SSSR count). The fourth-order valence-corrected chi connectivity index (χ4v) is 3.59. The van der Waals surface area contributed by atoms with Crippen molar-refractivity contribution >= 4 is 5.69 Å². The summed E-state index contributed by atoms with van der Waals surface area (Å²) >= 11 is 0. The summed E-state index contributed by atoms with van der Waals surface area (Å²) in [6, 6.07) is 2.10. The summed E-state index contributed by atoms with van der Waals surface area (Å²) in [4.78, 5) is 6.87. The SMILES string of the molecule is CCNC(c1cnccc1N)C(CC)(CC)N(CC)CC. The van der Waals surface area contributed by atoms with Crippen molar-refractivity contribution in [1.29, 1.82) is 0 Å². The van der Waals surface area contributed by atoms with Crippen LogP contribution in [0, 0.1) is 0 Å². The van der Waals surface area contributed by atoms with E-state index in [0.717, 1.165) is 43.7 Å². The Hall–Kier alpha value is -1.13. The summed E-state index contributed by atoms with van der Waals surface area (Å²) in [5.74, 6) is 0. The Labute approximate surface area is 130 Å². The summed E-state index contributed by atoms with van der Waals surface area (Å²) in [6.07, 6.45) is 5.85. The van der Waals surface area contributed by atoms with Crippen molar-refractivity contribution in [3.8, 4) is 0 Å². The molecule has 1 heterocycles. The smallest absolute Gasteiger partial charge is 0.0542 e. The van der Waals surface area contributed by atoms with Crippen molar-refractivity contribution in [1.82, 2.24) is 15.2 Å². The molecular weight excluding hydrogens is 260 g/mol. The maximum atomic E-state index is 6.24. The highest BCUT2D eigenvalue weighted by Gasteiger charge is 2.41. The second-order valence-electron chi connectivity index (χ2n) is 5.48. The van der Waals surface area contributed by atoms with Crippen LogP contribution in [-0.2, 0) is 0 Å². The van der Waals surface area contributed by atoms with Crippen molar-refractivity contribution in [3.05, 3.63) is 24.0 Å². The molecule has 0 saturated heterocycles. The largest absolute Gasteiger partial charge is 0.398 e. The van der Waals surface area contributed by atoms with Gasteiger partial charge < -0.3 is 11.1 Å². The highest BCUT2D eigenvalue weighted by molar-refractivity contribution is 5.47. The lowest BCUT2D eigenvalue weighted by Gasteiger charge is -2.48. The number of nitrogens with zero attached hydrogens (tertiary/aromatic N) is 2. The van der Waals surface area contributed by atoms with Crippen LogP contribution in [0.2, 0.25) is 0 Å². The Morgan fingerprint density at radius 3 is 2.24 bits per heavy atom. The first-order valence-electron chi connectivity index (χ1n) is 8.28. The molecule has 1 aromatic rings. The minimum Gasteiger partial charge on any atom is -0.398 e. The van der Waals surface area contributed by atoms with Gasteiger partial charge in [-0.05, 0) is 38.5 Å². The number of pyridine rings is 1. The molecule has 120 valence electrons. The molecule has 1 unspecified atom stereocenters. The molecular formula is C17H32N4. The molecule has 1 aromatic heterocycles. The third kappa shape index (κ3) is 3.55. The normalized spacial score (nSPS) is 13.6. The van der Waals surface area contributed by atoms with Crippen LogP contribution < -0.4 is 11.1 Å².